The van der Waals surface area contributed by atoms with E-state index < -0.39 is 5.82 Å². The molecule has 1 aromatic rings. The van der Waals surface area contributed by atoms with Gasteiger partial charge in [0.15, 0.2) is 11.6 Å². The van der Waals surface area contributed by atoms with Gasteiger partial charge in [-0.25, -0.2) is 9.37 Å². The molecule has 0 aliphatic carbocycles. The zero-order valence-corrected chi connectivity index (χ0v) is 11.5. The summed E-state index contributed by atoms with van der Waals surface area (Å²) in [7, 11) is 0. The predicted octanol–water partition coefficient (Wildman–Crippen LogP) is 2.98. The molecule has 0 atom stereocenters. The summed E-state index contributed by atoms with van der Waals surface area (Å²) >= 11 is 0. The van der Waals surface area contributed by atoms with E-state index >= 15 is 0 Å². The fourth-order valence-electron chi connectivity index (χ4n) is 2.04. The third-order valence-electron chi connectivity index (χ3n) is 3.44. The molecule has 3 nitrogen and oxygen atoms in total. The van der Waals surface area contributed by atoms with Crippen molar-refractivity contribution in [3.05, 3.63) is 23.6 Å². The molecule has 0 unspecified atom stereocenters. The van der Waals surface area contributed by atoms with Crippen molar-refractivity contribution >= 4 is 5.82 Å². The second-order valence-electron chi connectivity index (χ2n) is 4.49. The lowest BCUT2D eigenvalue weighted by molar-refractivity contribution is 0.275. The summed E-state index contributed by atoms with van der Waals surface area (Å²) in [4.78, 5) is 6.07. The van der Waals surface area contributed by atoms with Gasteiger partial charge in [-0.2, -0.15) is 0 Å². The molecule has 0 bridgehead atoms. The van der Waals surface area contributed by atoms with E-state index in [0.717, 1.165) is 25.9 Å². The second-order valence-corrected chi connectivity index (χ2v) is 4.49. The highest BCUT2D eigenvalue weighted by atomic mass is 19.1. The summed E-state index contributed by atoms with van der Waals surface area (Å²) in [5.41, 5.74) is 0.308. The van der Waals surface area contributed by atoms with Gasteiger partial charge in [0.05, 0.1) is 6.61 Å². The average Bonchev–Trinajstić information content (AvgIpc) is 2.41. The SMILES string of the molecule is CCC(CC)CN(CC)c1nccc(CO)c1F. The molecular weight excluding hydrogens is 231 g/mol. The molecule has 0 aliphatic heterocycles. The Morgan fingerprint density at radius 2 is 2.00 bits per heavy atom. The smallest absolute Gasteiger partial charge is 0.171 e. The van der Waals surface area contributed by atoms with Gasteiger partial charge in [-0.15, -0.1) is 0 Å². The van der Waals surface area contributed by atoms with Crippen molar-refractivity contribution < 1.29 is 9.50 Å². The molecule has 1 heterocycles. The van der Waals surface area contributed by atoms with Gasteiger partial charge in [0.2, 0.25) is 0 Å². The summed E-state index contributed by atoms with van der Waals surface area (Å²) in [6.07, 6.45) is 3.71. The van der Waals surface area contributed by atoms with Crippen LogP contribution in [0.15, 0.2) is 12.3 Å². The third kappa shape index (κ3) is 3.42. The Bertz CT molecular complexity index is 367. The lowest BCUT2D eigenvalue weighted by Crippen LogP contribution is -2.30. The van der Waals surface area contributed by atoms with Gasteiger partial charge in [-0.3, -0.25) is 0 Å². The van der Waals surface area contributed by atoms with Crippen LogP contribution in [0.25, 0.3) is 0 Å². The van der Waals surface area contributed by atoms with Gasteiger partial charge in [-0.1, -0.05) is 26.7 Å². The normalized spacial score (nSPS) is 11.0. The monoisotopic (exact) mass is 254 g/mol. The first kappa shape index (κ1) is 14.9. The van der Waals surface area contributed by atoms with Crippen molar-refractivity contribution in [1.29, 1.82) is 0 Å². The fraction of sp³-hybridized carbons (Fsp3) is 0.643. The molecule has 0 aliphatic rings. The number of rotatable bonds is 7. The van der Waals surface area contributed by atoms with E-state index in [1.54, 1.807) is 6.20 Å². The quantitative estimate of drug-likeness (QED) is 0.812. The maximum absolute atomic E-state index is 14.1. The number of aliphatic hydroxyl groups excluding tert-OH is 1. The van der Waals surface area contributed by atoms with Gasteiger partial charge in [0.25, 0.3) is 0 Å². The van der Waals surface area contributed by atoms with Gasteiger partial charge < -0.3 is 10.0 Å². The fourth-order valence-corrected chi connectivity index (χ4v) is 2.04. The Labute approximate surface area is 109 Å². The standard InChI is InChI=1S/C14H23FN2O/c1-4-11(5-2)9-17(6-3)14-13(15)12(10-18)7-8-16-14/h7-8,11,18H,4-6,9-10H2,1-3H3. The summed E-state index contributed by atoms with van der Waals surface area (Å²) < 4.78 is 14.1. The molecule has 1 N–H and O–H groups in total. The zero-order valence-electron chi connectivity index (χ0n) is 11.5. The molecule has 0 aromatic carbocycles. The number of hydrogen-bond donors (Lipinski definition) is 1. The Morgan fingerprint density at radius 3 is 2.50 bits per heavy atom. The highest BCUT2D eigenvalue weighted by Crippen LogP contribution is 2.21. The molecule has 0 saturated carbocycles. The second kappa shape index (κ2) is 7.31. The third-order valence-corrected chi connectivity index (χ3v) is 3.44. The van der Waals surface area contributed by atoms with E-state index in [1.165, 1.54) is 6.07 Å². The Hall–Kier alpha value is -1.16. The predicted molar refractivity (Wildman–Crippen MR) is 72.1 cm³/mol. The van der Waals surface area contributed by atoms with Crippen molar-refractivity contribution in [1.82, 2.24) is 4.98 Å². The minimum absolute atomic E-state index is 0.288. The molecule has 18 heavy (non-hydrogen) atoms. The van der Waals surface area contributed by atoms with Crippen LogP contribution in [-0.4, -0.2) is 23.2 Å². The summed E-state index contributed by atoms with van der Waals surface area (Å²) in [5.74, 6) is 0.507. The first-order valence-corrected chi connectivity index (χ1v) is 6.66. The van der Waals surface area contributed by atoms with Crippen LogP contribution in [0.1, 0.15) is 39.2 Å². The summed E-state index contributed by atoms with van der Waals surface area (Å²) in [5, 5.41) is 9.09. The summed E-state index contributed by atoms with van der Waals surface area (Å²) in [6.45, 7) is 7.53. The highest BCUT2D eigenvalue weighted by molar-refractivity contribution is 5.42. The van der Waals surface area contributed by atoms with Gasteiger partial charge >= 0.3 is 0 Å². The molecule has 0 fully saturated rings. The van der Waals surface area contributed by atoms with Crippen LogP contribution in [0, 0.1) is 11.7 Å². The Kier molecular flexibility index (Phi) is 6.05. The molecular formula is C14H23FN2O. The molecule has 0 saturated heterocycles. The van der Waals surface area contributed by atoms with Crippen LogP contribution in [0.4, 0.5) is 10.2 Å². The number of hydrogen-bond acceptors (Lipinski definition) is 3. The van der Waals surface area contributed by atoms with E-state index in [0.29, 0.717) is 17.3 Å². The maximum atomic E-state index is 14.1. The largest absolute Gasteiger partial charge is 0.392 e. The van der Waals surface area contributed by atoms with Crippen LogP contribution in [0.2, 0.25) is 0 Å². The first-order valence-electron chi connectivity index (χ1n) is 6.66. The molecule has 102 valence electrons. The Balaban J connectivity index is 2.94. The molecule has 0 amide bonds. The molecule has 1 aromatic heterocycles. The molecule has 4 heteroatoms. The number of anilines is 1. The van der Waals surface area contributed by atoms with E-state index in [-0.39, 0.29) is 6.61 Å². The minimum Gasteiger partial charge on any atom is -0.392 e. The minimum atomic E-state index is -0.396. The number of halogens is 1. The van der Waals surface area contributed by atoms with E-state index in [9.17, 15) is 4.39 Å². The Morgan fingerprint density at radius 1 is 1.33 bits per heavy atom. The van der Waals surface area contributed by atoms with Crippen LogP contribution in [0.5, 0.6) is 0 Å². The average molecular weight is 254 g/mol. The van der Waals surface area contributed by atoms with Crippen molar-refractivity contribution in [3.8, 4) is 0 Å². The van der Waals surface area contributed by atoms with Crippen molar-refractivity contribution in [2.24, 2.45) is 5.92 Å². The van der Waals surface area contributed by atoms with E-state index in [2.05, 4.69) is 18.8 Å². The number of aliphatic hydroxyl groups is 1. The van der Waals surface area contributed by atoms with Crippen LogP contribution >= 0.6 is 0 Å². The van der Waals surface area contributed by atoms with Crippen molar-refractivity contribution in [2.45, 2.75) is 40.2 Å². The summed E-state index contributed by atoms with van der Waals surface area (Å²) in [6, 6.07) is 1.52. The van der Waals surface area contributed by atoms with Gasteiger partial charge in [0.1, 0.15) is 0 Å². The number of pyridine rings is 1. The topological polar surface area (TPSA) is 36.4 Å². The molecule has 1 rings (SSSR count). The van der Waals surface area contributed by atoms with Crippen LogP contribution in [0.3, 0.4) is 0 Å². The van der Waals surface area contributed by atoms with Gasteiger partial charge in [0, 0.05) is 24.8 Å². The lowest BCUT2D eigenvalue weighted by Gasteiger charge is -2.27. The molecule has 0 spiro atoms. The molecule has 0 radical (unpaired) electrons. The van der Waals surface area contributed by atoms with E-state index in [4.69, 9.17) is 5.11 Å². The van der Waals surface area contributed by atoms with Crippen LogP contribution in [-0.2, 0) is 6.61 Å². The van der Waals surface area contributed by atoms with Crippen molar-refractivity contribution in [2.75, 3.05) is 18.0 Å². The van der Waals surface area contributed by atoms with Gasteiger partial charge in [-0.05, 0) is 18.9 Å². The maximum Gasteiger partial charge on any atom is 0.171 e. The number of nitrogens with zero attached hydrogens (tertiary/aromatic N) is 2. The van der Waals surface area contributed by atoms with E-state index in [1.807, 2.05) is 11.8 Å². The van der Waals surface area contributed by atoms with Crippen LogP contribution < -0.4 is 4.90 Å². The first-order chi connectivity index (χ1) is 8.67. The zero-order chi connectivity index (χ0) is 13.5. The lowest BCUT2D eigenvalue weighted by atomic mass is 10.0. The number of aromatic nitrogens is 1. The van der Waals surface area contributed by atoms with Crippen molar-refractivity contribution in [3.63, 3.8) is 0 Å². The highest BCUT2D eigenvalue weighted by Gasteiger charge is 2.17.